The molecule has 1 N–H and O–H groups in total. The number of carboxylic acid groups (broad SMARTS) is 1. The van der Waals surface area contributed by atoms with Crippen LogP contribution >= 0.6 is 0 Å². The van der Waals surface area contributed by atoms with Crippen LogP contribution in [-0.2, 0) is 11.2 Å². The second-order valence-corrected chi connectivity index (χ2v) is 4.00. The number of benzene rings is 1. The van der Waals surface area contributed by atoms with Crippen molar-refractivity contribution in [1.29, 1.82) is 0 Å². The van der Waals surface area contributed by atoms with Crippen LogP contribution in [0.15, 0.2) is 12.1 Å². The molecule has 1 heterocycles. The van der Waals surface area contributed by atoms with Crippen LogP contribution in [0.4, 0.5) is 5.69 Å². The van der Waals surface area contributed by atoms with E-state index in [1.54, 1.807) is 26.2 Å². The summed E-state index contributed by atoms with van der Waals surface area (Å²) >= 11 is 0. The number of ether oxygens (including phenoxy) is 2. The van der Waals surface area contributed by atoms with Gasteiger partial charge in [-0.3, -0.25) is 0 Å². The van der Waals surface area contributed by atoms with E-state index in [1.165, 1.54) is 0 Å². The van der Waals surface area contributed by atoms with Crippen LogP contribution in [0.3, 0.4) is 0 Å². The third-order valence-electron chi connectivity index (χ3n) is 3.13. The summed E-state index contributed by atoms with van der Waals surface area (Å²) in [5, 5.41) is 9.10. The molecule has 5 nitrogen and oxygen atoms in total. The van der Waals surface area contributed by atoms with Crippen LogP contribution in [0.25, 0.3) is 0 Å². The van der Waals surface area contributed by atoms with Gasteiger partial charge in [-0.05, 0) is 11.6 Å². The van der Waals surface area contributed by atoms with Gasteiger partial charge >= 0.3 is 5.97 Å². The van der Waals surface area contributed by atoms with E-state index in [1.807, 2.05) is 12.1 Å². The van der Waals surface area contributed by atoms with Crippen molar-refractivity contribution in [2.24, 2.45) is 0 Å². The average molecular weight is 237 g/mol. The molecule has 17 heavy (non-hydrogen) atoms. The van der Waals surface area contributed by atoms with Gasteiger partial charge in [0, 0.05) is 25.2 Å². The number of anilines is 1. The van der Waals surface area contributed by atoms with Crippen LogP contribution in [0.5, 0.6) is 11.5 Å². The summed E-state index contributed by atoms with van der Waals surface area (Å²) < 4.78 is 10.4. The molecule has 0 amide bonds. The number of carboxylic acids is 1. The second-order valence-electron chi connectivity index (χ2n) is 4.00. The minimum absolute atomic E-state index is 0.488. The number of fused-ring (bicyclic) bond motifs is 1. The molecular formula is C12H15NO4. The minimum atomic E-state index is -0.818. The van der Waals surface area contributed by atoms with Crippen molar-refractivity contribution >= 4 is 11.7 Å². The Bertz CT molecular complexity index is 458. The molecule has 1 aromatic rings. The van der Waals surface area contributed by atoms with E-state index >= 15 is 0 Å². The molecule has 0 aromatic heterocycles. The van der Waals surface area contributed by atoms with Crippen LogP contribution in [0, 0.1) is 0 Å². The third-order valence-corrected chi connectivity index (χ3v) is 3.13. The predicted molar refractivity (Wildman–Crippen MR) is 63.1 cm³/mol. The maximum Gasteiger partial charge on any atom is 0.326 e. The second kappa shape index (κ2) is 4.16. The number of hydrogen-bond acceptors (Lipinski definition) is 4. The van der Waals surface area contributed by atoms with Crippen molar-refractivity contribution in [1.82, 2.24) is 0 Å². The fourth-order valence-electron chi connectivity index (χ4n) is 2.17. The molecule has 0 spiro atoms. The zero-order valence-corrected chi connectivity index (χ0v) is 10.1. The highest BCUT2D eigenvalue weighted by Crippen LogP contribution is 2.39. The lowest BCUT2D eigenvalue weighted by atomic mass is 10.1. The van der Waals surface area contributed by atoms with E-state index in [-0.39, 0.29) is 0 Å². The maximum atomic E-state index is 11.1. The van der Waals surface area contributed by atoms with Gasteiger partial charge in [-0.2, -0.15) is 0 Å². The molecule has 0 radical (unpaired) electrons. The van der Waals surface area contributed by atoms with Gasteiger partial charge in [-0.15, -0.1) is 0 Å². The summed E-state index contributed by atoms with van der Waals surface area (Å²) in [6.45, 7) is 0. The first kappa shape index (κ1) is 11.6. The summed E-state index contributed by atoms with van der Waals surface area (Å²) in [5.41, 5.74) is 1.85. The quantitative estimate of drug-likeness (QED) is 0.854. The Labute approximate surface area is 99.6 Å². The van der Waals surface area contributed by atoms with Gasteiger partial charge in [0.1, 0.15) is 6.04 Å². The Hall–Kier alpha value is -1.91. The molecule has 0 aliphatic carbocycles. The van der Waals surface area contributed by atoms with Gasteiger partial charge in [-0.25, -0.2) is 4.79 Å². The topological polar surface area (TPSA) is 59.0 Å². The van der Waals surface area contributed by atoms with Crippen molar-refractivity contribution in [3.63, 3.8) is 0 Å². The van der Waals surface area contributed by atoms with Gasteiger partial charge in [0.25, 0.3) is 0 Å². The Morgan fingerprint density at radius 2 is 1.94 bits per heavy atom. The lowest BCUT2D eigenvalue weighted by Crippen LogP contribution is -2.35. The largest absolute Gasteiger partial charge is 0.493 e. The number of likely N-dealkylation sites (N-methyl/N-ethyl adjacent to an activating group) is 1. The zero-order valence-electron chi connectivity index (χ0n) is 10.1. The summed E-state index contributed by atoms with van der Waals surface area (Å²) in [4.78, 5) is 12.8. The highest BCUT2D eigenvalue weighted by Gasteiger charge is 2.33. The smallest absolute Gasteiger partial charge is 0.326 e. The lowest BCUT2D eigenvalue weighted by Gasteiger charge is -2.19. The summed E-state index contributed by atoms with van der Waals surface area (Å²) in [5.74, 6) is 0.427. The molecule has 92 valence electrons. The molecule has 2 rings (SSSR count). The highest BCUT2D eigenvalue weighted by molar-refractivity contribution is 5.83. The normalized spacial score (nSPS) is 17.8. The molecule has 1 aliphatic rings. The van der Waals surface area contributed by atoms with Crippen LogP contribution in [-0.4, -0.2) is 38.4 Å². The molecule has 1 unspecified atom stereocenters. The SMILES string of the molecule is COc1cc2c(cc1OC)N(C)C(C(=O)O)C2. The Balaban J connectivity index is 2.45. The molecule has 5 heteroatoms. The fourth-order valence-corrected chi connectivity index (χ4v) is 2.17. The Kier molecular flexibility index (Phi) is 2.83. The first-order valence-corrected chi connectivity index (χ1v) is 5.29. The number of aliphatic carboxylic acids is 1. The van der Waals surface area contributed by atoms with Gasteiger partial charge in [0.05, 0.1) is 14.2 Å². The molecule has 0 bridgehead atoms. The van der Waals surface area contributed by atoms with E-state index in [0.29, 0.717) is 17.9 Å². The Morgan fingerprint density at radius 1 is 1.35 bits per heavy atom. The van der Waals surface area contributed by atoms with E-state index < -0.39 is 12.0 Å². The molecule has 0 fully saturated rings. The standard InChI is InChI=1S/C12H15NO4/c1-13-8-6-11(17-3)10(16-2)5-7(8)4-9(13)12(14)15/h5-6,9H,4H2,1-3H3,(H,14,15). The minimum Gasteiger partial charge on any atom is -0.493 e. The molecule has 1 atom stereocenters. The van der Waals surface area contributed by atoms with Crippen molar-refractivity contribution in [2.45, 2.75) is 12.5 Å². The third kappa shape index (κ3) is 1.77. The summed E-state index contributed by atoms with van der Waals surface area (Å²) in [6.07, 6.45) is 0.488. The monoisotopic (exact) mass is 237 g/mol. The molecule has 0 saturated carbocycles. The number of hydrogen-bond donors (Lipinski definition) is 1. The number of nitrogens with zero attached hydrogens (tertiary/aromatic N) is 1. The van der Waals surface area contributed by atoms with Crippen molar-refractivity contribution in [3.05, 3.63) is 17.7 Å². The first-order chi connectivity index (χ1) is 8.08. The molecule has 0 saturated heterocycles. The van der Waals surface area contributed by atoms with E-state index in [4.69, 9.17) is 14.6 Å². The van der Waals surface area contributed by atoms with Gasteiger partial charge in [-0.1, -0.05) is 0 Å². The summed E-state index contributed by atoms with van der Waals surface area (Å²) in [6, 6.07) is 3.15. The van der Waals surface area contributed by atoms with Crippen molar-refractivity contribution < 1.29 is 19.4 Å². The molecule has 1 aromatic carbocycles. The van der Waals surface area contributed by atoms with Crippen LogP contribution in [0.1, 0.15) is 5.56 Å². The highest BCUT2D eigenvalue weighted by atomic mass is 16.5. The molecule has 1 aliphatic heterocycles. The Morgan fingerprint density at radius 3 is 2.47 bits per heavy atom. The first-order valence-electron chi connectivity index (χ1n) is 5.29. The zero-order chi connectivity index (χ0) is 12.6. The van der Waals surface area contributed by atoms with Gasteiger partial charge in [0.15, 0.2) is 11.5 Å². The van der Waals surface area contributed by atoms with E-state index in [0.717, 1.165) is 11.3 Å². The number of methoxy groups -OCH3 is 2. The lowest BCUT2D eigenvalue weighted by molar-refractivity contribution is -0.138. The fraction of sp³-hybridized carbons (Fsp3) is 0.417. The molecular weight excluding hydrogens is 222 g/mol. The number of rotatable bonds is 3. The predicted octanol–water partition coefficient (Wildman–Crippen LogP) is 1.15. The van der Waals surface area contributed by atoms with Crippen LogP contribution in [0.2, 0.25) is 0 Å². The average Bonchev–Trinajstić information content (AvgIpc) is 2.64. The van der Waals surface area contributed by atoms with Gasteiger partial charge < -0.3 is 19.5 Å². The van der Waals surface area contributed by atoms with E-state index in [9.17, 15) is 4.79 Å². The van der Waals surface area contributed by atoms with Crippen molar-refractivity contribution in [3.8, 4) is 11.5 Å². The van der Waals surface area contributed by atoms with Gasteiger partial charge in [0.2, 0.25) is 0 Å². The number of carbonyl (C=O) groups is 1. The summed E-state index contributed by atoms with van der Waals surface area (Å²) in [7, 11) is 4.90. The maximum absolute atomic E-state index is 11.1. The van der Waals surface area contributed by atoms with Crippen molar-refractivity contribution in [2.75, 3.05) is 26.2 Å². The van der Waals surface area contributed by atoms with E-state index in [2.05, 4.69) is 0 Å². The van der Waals surface area contributed by atoms with Crippen LogP contribution < -0.4 is 14.4 Å².